The Bertz CT molecular complexity index is 1080. The van der Waals surface area contributed by atoms with Crippen molar-refractivity contribution in [2.45, 2.75) is 44.1 Å². The zero-order valence-electron chi connectivity index (χ0n) is 17.5. The molecule has 0 unspecified atom stereocenters. The van der Waals surface area contributed by atoms with Crippen LogP contribution in [0, 0.1) is 17.8 Å². The number of hydrogen-bond donors (Lipinski definition) is 2. The quantitative estimate of drug-likeness (QED) is 0.688. The molecule has 4 saturated carbocycles. The Morgan fingerprint density at radius 2 is 1.42 bits per heavy atom. The van der Waals surface area contributed by atoms with Crippen LogP contribution in [0.25, 0.3) is 0 Å². The van der Waals surface area contributed by atoms with E-state index >= 15 is 0 Å². The molecule has 5 nitrogen and oxygen atoms in total. The molecule has 3 N–H and O–H groups in total. The fourth-order valence-electron chi connectivity index (χ4n) is 7.19. The van der Waals surface area contributed by atoms with Crippen LogP contribution in [0.1, 0.15) is 70.4 Å². The highest BCUT2D eigenvalue weighted by Crippen LogP contribution is 2.54. The van der Waals surface area contributed by atoms with Crippen molar-refractivity contribution in [1.29, 1.82) is 0 Å². The van der Waals surface area contributed by atoms with Crippen molar-refractivity contribution in [2.75, 3.05) is 11.9 Å². The average Bonchev–Trinajstić information content (AvgIpc) is 2.75. The Balaban J connectivity index is 1.21. The summed E-state index contributed by atoms with van der Waals surface area (Å²) in [6, 6.07) is 12.0. The fourth-order valence-corrected chi connectivity index (χ4v) is 7.19. The summed E-state index contributed by atoms with van der Waals surface area (Å²) < 4.78 is 0. The molecule has 2 aromatic rings. The van der Waals surface area contributed by atoms with E-state index in [2.05, 4.69) is 10.6 Å². The molecule has 1 amide bonds. The van der Waals surface area contributed by atoms with E-state index in [-0.39, 0.29) is 23.0 Å². The third-order valence-electron chi connectivity index (χ3n) is 8.03. The zero-order valence-corrected chi connectivity index (χ0v) is 17.5. The first-order valence-corrected chi connectivity index (χ1v) is 11.5. The van der Waals surface area contributed by atoms with E-state index in [4.69, 9.17) is 0 Å². The summed E-state index contributed by atoms with van der Waals surface area (Å²) in [5, 5.41) is 5.21. The van der Waals surface area contributed by atoms with Crippen molar-refractivity contribution in [3.8, 4) is 0 Å². The average molecular weight is 416 g/mol. The Labute approximate surface area is 181 Å². The molecule has 0 aliphatic heterocycles. The van der Waals surface area contributed by atoms with E-state index in [1.165, 1.54) is 38.5 Å². The second-order valence-corrected chi connectivity index (χ2v) is 10.2. The molecule has 0 atom stereocenters. The van der Waals surface area contributed by atoms with Gasteiger partial charge >= 0.3 is 0 Å². The van der Waals surface area contributed by atoms with Crippen molar-refractivity contribution in [3.63, 3.8) is 0 Å². The van der Waals surface area contributed by atoms with Gasteiger partial charge in [0.2, 0.25) is 0 Å². The van der Waals surface area contributed by atoms with E-state index in [9.17, 15) is 14.4 Å². The van der Waals surface area contributed by atoms with Gasteiger partial charge in [-0.15, -0.1) is 0 Å². The number of fused-ring (bicyclic) bond motifs is 2. The second-order valence-electron chi connectivity index (χ2n) is 10.2. The van der Waals surface area contributed by atoms with E-state index < -0.39 is 0 Å². The van der Waals surface area contributed by atoms with Crippen LogP contribution in [0.3, 0.4) is 0 Å². The van der Waals surface area contributed by atoms with Crippen molar-refractivity contribution < 1.29 is 19.7 Å². The Morgan fingerprint density at radius 3 is 2.06 bits per heavy atom. The first-order valence-electron chi connectivity index (χ1n) is 11.5. The zero-order chi connectivity index (χ0) is 21.2. The van der Waals surface area contributed by atoms with E-state index in [0.717, 1.165) is 17.8 Å². The maximum atomic E-state index is 13.1. The standard InChI is InChI=1S/C26H26N2O3/c29-22(14-27-26-11-15-8-16(12-26)10-17(9-15)13-26)28-21-7-3-6-20-23(21)25(31)19-5-2-1-4-18(19)24(20)30/h1-7,15-17,27H,8-14H2,(H,28,29)/p+1. The monoisotopic (exact) mass is 415 g/mol. The first-order chi connectivity index (χ1) is 15.0. The molecule has 5 heteroatoms. The van der Waals surface area contributed by atoms with Gasteiger partial charge in [0.05, 0.1) is 16.8 Å². The van der Waals surface area contributed by atoms with Crippen molar-refractivity contribution >= 4 is 23.2 Å². The van der Waals surface area contributed by atoms with Crippen molar-refractivity contribution in [1.82, 2.24) is 0 Å². The number of amides is 1. The van der Waals surface area contributed by atoms with Gasteiger partial charge in [-0.05, 0) is 43.1 Å². The number of anilines is 1. The van der Waals surface area contributed by atoms with Gasteiger partial charge in [0.25, 0.3) is 5.91 Å². The third kappa shape index (κ3) is 3.06. The van der Waals surface area contributed by atoms with E-state index in [0.29, 0.717) is 34.5 Å². The van der Waals surface area contributed by atoms with Crippen LogP contribution in [-0.4, -0.2) is 29.6 Å². The summed E-state index contributed by atoms with van der Waals surface area (Å²) in [5.41, 5.74) is 2.18. The molecule has 2 aromatic carbocycles. The smallest absolute Gasteiger partial charge is 0.279 e. The molecule has 0 saturated heterocycles. The third-order valence-corrected chi connectivity index (χ3v) is 8.03. The maximum absolute atomic E-state index is 13.1. The summed E-state index contributed by atoms with van der Waals surface area (Å²) in [6.07, 6.45) is 7.84. The van der Waals surface area contributed by atoms with E-state index in [1.54, 1.807) is 42.5 Å². The van der Waals surface area contributed by atoms with Crippen LogP contribution in [-0.2, 0) is 4.79 Å². The summed E-state index contributed by atoms with van der Waals surface area (Å²) in [4.78, 5) is 38.9. The van der Waals surface area contributed by atoms with Gasteiger partial charge in [0.15, 0.2) is 18.1 Å². The number of carbonyl (C=O) groups excluding carboxylic acids is 3. The van der Waals surface area contributed by atoms with Gasteiger partial charge in [-0.3, -0.25) is 14.4 Å². The molecule has 4 bridgehead atoms. The minimum atomic E-state index is -0.203. The lowest BCUT2D eigenvalue weighted by molar-refractivity contribution is -0.729. The van der Waals surface area contributed by atoms with Crippen molar-refractivity contribution in [2.24, 2.45) is 17.8 Å². The van der Waals surface area contributed by atoms with Crippen LogP contribution in [0.5, 0.6) is 0 Å². The summed E-state index contributed by atoms with van der Waals surface area (Å²) in [6.45, 7) is 0.356. The molecule has 5 aliphatic rings. The SMILES string of the molecule is O=C(C[NH2+]C12CC3CC(CC(C3)C1)C2)Nc1cccc2c1C(=O)c1ccccc1C2=O. The molecule has 0 radical (unpaired) electrons. The Kier molecular flexibility index (Phi) is 4.19. The van der Waals surface area contributed by atoms with E-state index in [1.807, 2.05) is 0 Å². The fraction of sp³-hybridized carbons (Fsp3) is 0.423. The minimum Gasteiger partial charge on any atom is -0.334 e. The normalized spacial score (nSPS) is 30.1. The summed E-state index contributed by atoms with van der Waals surface area (Å²) in [5.74, 6) is 2.05. The lowest BCUT2D eigenvalue weighted by Gasteiger charge is -2.54. The summed E-state index contributed by atoms with van der Waals surface area (Å²) in [7, 11) is 0. The predicted octanol–water partition coefficient (Wildman–Crippen LogP) is 2.93. The molecule has 7 rings (SSSR count). The van der Waals surface area contributed by atoms with Crippen LogP contribution >= 0.6 is 0 Å². The first kappa shape index (κ1) is 18.9. The molecule has 4 fully saturated rings. The van der Waals surface area contributed by atoms with Crippen molar-refractivity contribution in [3.05, 3.63) is 64.7 Å². The molecular formula is C26H27N2O3+. The van der Waals surface area contributed by atoms with Gasteiger partial charge < -0.3 is 10.6 Å². The number of nitrogens with one attached hydrogen (secondary N) is 1. The van der Waals surface area contributed by atoms with Crippen LogP contribution in [0.4, 0.5) is 5.69 Å². The Hall–Kier alpha value is -2.79. The number of benzene rings is 2. The molecule has 0 spiro atoms. The van der Waals surface area contributed by atoms with Gasteiger partial charge in [-0.1, -0.05) is 36.4 Å². The highest BCUT2D eigenvalue weighted by molar-refractivity contribution is 6.30. The molecule has 5 aliphatic carbocycles. The number of carbonyl (C=O) groups is 3. The van der Waals surface area contributed by atoms with Gasteiger partial charge in [0, 0.05) is 36.0 Å². The topological polar surface area (TPSA) is 79.8 Å². The number of nitrogens with two attached hydrogens (primary N) is 1. The predicted molar refractivity (Wildman–Crippen MR) is 116 cm³/mol. The lowest BCUT2D eigenvalue weighted by Crippen LogP contribution is -3.00. The Morgan fingerprint density at radius 1 is 0.839 bits per heavy atom. The lowest BCUT2D eigenvalue weighted by atomic mass is 9.53. The van der Waals surface area contributed by atoms with Gasteiger partial charge in [-0.2, -0.15) is 0 Å². The molecule has 31 heavy (non-hydrogen) atoms. The van der Waals surface area contributed by atoms with Gasteiger partial charge in [-0.25, -0.2) is 0 Å². The molecule has 0 aromatic heterocycles. The molecule has 158 valence electrons. The number of ketones is 2. The number of hydrogen-bond acceptors (Lipinski definition) is 3. The molecular weight excluding hydrogens is 388 g/mol. The summed E-state index contributed by atoms with van der Waals surface area (Å²) >= 11 is 0. The number of rotatable bonds is 4. The maximum Gasteiger partial charge on any atom is 0.279 e. The number of quaternary nitrogens is 1. The second kappa shape index (κ2) is 6.86. The van der Waals surface area contributed by atoms with Gasteiger partial charge in [0.1, 0.15) is 0 Å². The highest BCUT2D eigenvalue weighted by atomic mass is 16.2. The minimum absolute atomic E-state index is 0.108. The largest absolute Gasteiger partial charge is 0.334 e. The van der Waals surface area contributed by atoms with Crippen LogP contribution < -0.4 is 10.6 Å². The highest BCUT2D eigenvalue weighted by Gasteiger charge is 2.53. The molecule has 0 heterocycles. The van der Waals surface area contributed by atoms with Crippen LogP contribution in [0.2, 0.25) is 0 Å². The van der Waals surface area contributed by atoms with Crippen LogP contribution in [0.15, 0.2) is 42.5 Å².